The van der Waals surface area contributed by atoms with Gasteiger partial charge in [0.05, 0.1) is 5.56 Å². The lowest BCUT2D eigenvalue weighted by molar-refractivity contribution is -0.146. The Morgan fingerprint density at radius 1 is 0.921 bits per heavy atom. The van der Waals surface area contributed by atoms with Gasteiger partial charge in [0, 0.05) is 10.4 Å². The summed E-state index contributed by atoms with van der Waals surface area (Å²) in [6.45, 7) is 1.28. The summed E-state index contributed by atoms with van der Waals surface area (Å²) in [5, 5.41) is 3.49. The fourth-order valence-corrected chi connectivity index (χ4v) is 5.28. The van der Waals surface area contributed by atoms with Gasteiger partial charge in [-0.3, -0.25) is 4.79 Å². The van der Waals surface area contributed by atoms with E-state index in [4.69, 9.17) is 25.4 Å². The highest BCUT2D eigenvalue weighted by Gasteiger charge is 2.40. The van der Waals surface area contributed by atoms with Crippen molar-refractivity contribution in [3.8, 4) is 11.5 Å². The highest BCUT2D eigenvalue weighted by Crippen LogP contribution is 2.50. The third-order valence-corrected chi connectivity index (χ3v) is 7.18. The second kappa shape index (κ2) is 11.5. The monoisotopic (exact) mass is 563 g/mol. The summed E-state index contributed by atoms with van der Waals surface area (Å²) in [6.07, 6.45) is -4.87. The van der Waals surface area contributed by atoms with Crippen LogP contribution in [0.1, 0.15) is 18.1 Å². The van der Waals surface area contributed by atoms with E-state index in [0.717, 1.165) is 23.1 Å². The SMILES string of the molecule is C[C@H](NP(=O)(Oc1ccc(Cl)cc1C(F)(F)F)Oc1cccc2ccccc12)C(=O)OCc1ccccc1. The Balaban J connectivity index is 1.65. The Morgan fingerprint density at radius 3 is 2.32 bits per heavy atom. The van der Waals surface area contributed by atoms with E-state index in [1.807, 2.05) is 0 Å². The first-order chi connectivity index (χ1) is 18.0. The minimum absolute atomic E-state index is 0.0591. The zero-order chi connectivity index (χ0) is 27.3. The number of halogens is 4. The quantitative estimate of drug-likeness (QED) is 0.165. The van der Waals surface area contributed by atoms with Crippen LogP contribution in [0.15, 0.2) is 91.0 Å². The Bertz CT molecular complexity index is 1480. The zero-order valence-corrected chi connectivity index (χ0v) is 21.6. The number of rotatable bonds is 9. The maximum atomic E-state index is 14.0. The summed E-state index contributed by atoms with van der Waals surface area (Å²) >= 11 is 5.77. The first-order valence-corrected chi connectivity index (χ1v) is 13.3. The molecule has 0 radical (unpaired) electrons. The highest BCUT2D eigenvalue weighted by molar-refractivity contribution is 7.52. The van der Waals surface area contributed by atoms with Gasteiger partial charge in [-0.25, -0.2) is 4.57 Å². The summed E-state index contributed by atoms with van der Waals surface area (Å²) in [5.41, 5.74) is -0.539. The molecule has 0 heterocycles. The van der Waals surface area contributed by atoms with E-state index in [2.05, 4.69) is 5.09 Å². The van der Waals surface area contributed by atoms with Gasteiger partial charge in [0.25, 0.3) is 0 Å². The summed E-state index contributed by atoms with van der Waals surface area (Å²) in [4.78, 5) is 12.7. The van der Waals surface area contributed by atoms with E-state index in [-0.39, 0.29) is 17.4 Å². The van der Waals surface area contributed by atoms with Crippen molar-refractivity contribution < 1.29 is 36.3 Å². The summed E-state index contributed by atoms with van der Waals surface area (Å²) < 4.78 is 71.5. The van der Waals surface area contributed by atoms with Gasteiger partial charge < -0.3 is 13.8 Å². The molecule has 198 valence electrons. The lowest BCUT2D eigenvalue weighted by atomic mass is 10.1. The van der Waals surface area contributed by atoms with Crippen molar-refractivity contribution in [3.05, 3.63) is 107 Å². The maximum absolute atomic E-state index is 14.0. The Labute approximate surface area is 221 Å². The first-order valence-electron chi connectivity index (χ1n) is 11.4. The van der Waals surface area contributed by atoms with Crippen molar-refractivity contribution >= 4 is 36.1 Å². The van der Waals surface area contributed by atoms with Crippen molar-refractivity contribution in [2.24, 2.45) is 0 Å². The molecule has 4 aromatic carbocycles. The second-order valence-corrected chi connectivity index (χ2v) is 10.3. The van der Waals surface area contributed by atoms with Crippen LogP contribution in [0.25, 0.3) is 10.8 Å². The number of esters is 1. The highest BCUT2D eigenvalue weighted by atomic mass is 35.5. The predicted octanol–water partition coefficient (Wildman–Crippen LogP) is 7.80. The fraction of sp³-hybridized carbons (Fsp3) is 0.148. The number of carbonyl (C=O) groups is 1. The molecule has 38 heavy (non-hydrogen) atoms. The van der Waals surface area contributed by atoms with Crippen molar-refractivity contribution in [1.82, 2.24) is 5.09 Å². The third kappa shape index (κ3) is 6.86. The molecular formula is C27H22ClF3NO5P. The standard InChI is InChI=1S/C27H22ClF3NO5P/c1-18(26(33)35-17-19-8-3-2-4-9-19)32-38(34,36-24-13-7-11-20-10-5-6-12-22(20)24)37-25-15-14-21(28)16-23(25)27(29,30)31/h2-16,18H,17H2,1H3,(H,32,34)/t18-,38?/m0/s1. The zero-order valence-electron chi connectivity index (χ0n) is 19.9. The van der Waals surface area contributed by atoms with Crippen LogP contribution in [-0.4, -0.2) is 12.0 Å². The molecule has 0 saturated carbocycles. The molecule has 1 unspecified atom stereocenters. The molecule has 1 N–H and O–H groups in total. The van der Waals surface area contributed by atoms with Crippen molar-refractivity contribution in [2.75, 3.05) is 0 Å². The summed E-state index contributed by atoms with van der Waals surface area (Å²) in [7, 11) is -4.68. The number of carbonyl (C=O) groups excluding carboxylic acids is 1. The largest absolute Gasteiger partial charge is 0.513 e. The molecule has 0 aromatic heterocycles. The molecule has 0 bridgehead atoms. The van der Waals surface area contributed by atoms with E-state index in [1.165, 1.54) is 13.0 Å². The van der Waals surface area contributed by atoms with Crippen LogP contribution in [0, 0.1) is 0 Å². The molecule has 0 amide bonds. The molecule has 0 saturated heterocycles. The Kier molecular flexibility index (Phi) is 8.31. The van der Waals surface area contributed by atoms with Gasteiger partial charge in [0.1, 0.15) is 24.1 Å². The van der Waals surface area contributed by atoms with Crippen LogP contribution in [0.2, 0.25) is 5.02 Å². The van der Waals surface area contributed by atoms with Crippen molar-refractivity contribution in [1.29, 1.82) is 0 Å². The number of alkyl halides is 3. The van der Waals surface area contributed by atoms with E-state index in [0.29, 0.717) is 11.5 Å². The summed E-state index contributed by atoms with van der Waals surface area (Å²) in [5.74, 6) is -1.53. The molecule has 0 spiro atoms. The van der Waals surface area contributed by atoms with Gasteiger partial charge in [-0.05, 0) is 42.1 Å². The van der Waals surface area contributed by atoms with Crippen LogP contribution < -0.4 is 14.1 Å². The maximum Gasteiger partial charge on any atom is 0.513 e. The van der Waals surface area contributed by atoms with Gasteiger partial charge in [-0.15, -0.1) is 0 Å². The average Bonchev–Trinajstić information content (AvgIpc) is 2.88. The minimum atomic E-state index is -4.87. The third-order valence-electron chi connectivity index (χ3n) is 5.36. The van der Waals surface area contributed by atoms with Crippen molar-refractivity contribution in [3.63, 3.8) is 0 Å². The number of benzene rings is 4. The van der Waals surface area contributed by atoms with Gasteiger partial charge in [-0.1, -0.05) is 78.3 Å². The number of ether oxygens (including phenoxy) is 1. The molecule has 0 fully saturated rings. The minimum Gasteiger partial charge on any atom is -0.460 e. The van der Waals surface area contributed by atoms with E-state index < -0.39 is 37.2 Å². The molecule has 4 aromatic rings. The molecule has 11 heteroatoms. The number of fused-ring (bicyclic) bond motifs is 1. The fourth-order valence-electron chi connectivity index (χ4n) is 3.55. The van der Waals surface area contributed by atoms with Crippen LogP contribution in [0.5, 0.6) is 11.5 Å². The van der Waals surface area contributed by atoms with E-state index in [1.54, 1.807) is 66.7 Å². The molecule has 0 aliphatic heterocycles. The Morgan fingerprint density at radius 2 is 1.58 bits per heavy atom. The predicted molar refractivity (Wildman–Crippen MR) is 138 cm³/mol. The molecule has 0 aliphatic carbocycles. The van der Waals surface area contributed by atoms with Crippen LogP contribution in [-0.2, 0) is 26.9 Å². The van der Waals surface area contributed by atoms with Gasteiger partial charge >= 0.3 is 19.9 Å². The van der Waals surface area contributed by atoms with Gasteiger partial charge in [0.2, 0.25) is 0 Å². The van der Waals surface area contributed by atoms with Crippen LogP contribution in [0.3, 0.4) is 0 Å². The van der Waals surface area contributed by atoms with Crippen LogP contribution >= 0.6 is 19.3 Å². The lowest BCUT2D eigenvalue weighted by Crippen LogP contribution is -2.36. The van der Waals surface area contributed by atoms with Crippen molar-refractivity contribution in [2.45, 2.75) is 25.7 Å². The first kappa shape index (κ1) is 27.5. The molecular weight excluding hydrogens is 542 g/mol. The smallest absolute Gasteiger partial charge is 0.460 e. The number of hydrogen-bond donors (Lipinski definition) is 1. The lowest BCUT2D eigenvalue weighted by Gasteiger charge is -2.25. The molecule has 2 atom stereocenters. The van der Waals surface area contributed by atoms with Gasteiger partial charge in [-0.2, -0.15) is 18.3 Å². The van der Waals surface area contributed by atoms with Gasteiger partial charge in [0.15, 0.2) is 0 Å². The molecule has 6 nitrogen and oxygen atoms in total. The Hall–Kier alpha value is -3.52. The summed E-state index contributed by atoms with van der Waals surface area (Å²) in [6, 6.07) is 22.2. The van der Waals surface area contributed by atoms with Crippen LogP contribution in [0.4, 0.5) is 13.2 Å². The molecule has 4 rings (SSSR count). The van der Waals surface area contributed by atoms with E-state index >= 15 is 0 Å². The number of nitrogens with one attached hydrogen (secondary N) is 1. The normalized spacial score (nSPS) is 13.9. The second-order valence-electron chi connectivity index (χ2n) is 8.24. The molecule has 0 aliphatic rings. The topological polar surface area (TPSA) is 73.9 Å². The number of hydrogen-bond acceptors (Lipinski definition) is 5. The average molecular weight is 564 g/mol. The van der Waals surface area contributed by atoms with E-state index in [9.17, 15) is 22.5 Å².